The molecule has 2 heterocycles. The predicted octanol–water partition coefficient (Wildman–Crippen LogP) is 4.05. The summed E-state index contributed by atoms with van der Waals surface area (Å²) in [5.74, 6) is -2.58. The minimum atomic E-state index is -1.20. The second kappa shape index (κ2) is 11.9. The number of pyridine rings is 1. The molecule has 0 saturated carbocycles. The summed E-state index contributed by atoms with van der Waals surface area (Å²) in [6.45, 7) is 3.70. The Morgan fingerprint density at radius 3 is 2.46 bits per heavy atom. The van der Waals surface area contributed by atoms with Crippen LogP contribution in [0.15, 0.2) is 36.5 Å². The van der Waals surface area contributed by atoms with Gasteiger partial charge in [-0.15, -0.1) is 0 Å². The van der Waals surface area contributed by atoms with Crippen LogP contribution in [0, 0.1) is 5.82 Å². The molecule has 1 aliphatic carbocycles. The summed E-state index contributed by atoms with van der Waals surface area (Å²) < 4.78 is 15.3. The molecule has 0 radical (unpaired) electrons. The number of halogens is 1. The van der Waals surface area contributed by atoms with Gasteiger partial charge in [-0.25, -0.2) is 4.39 Å². The van der Waals surface area contributed by atoms with Gasteiger partial charge in [-0.3, -0.25) is 19.3 Å². The molecule has 2 aromatic heterocycles. The third-order valence-corrected chi connectivity index (χ3v) is 6.68. The second-order valence-corrected chi connectivity index (χ2v) is 10.1. The van der Waals surface area contributed by atoms with Gasteiger partial charge in [0.25, 0.3) is 0 Å². The van der Waals surface area contributed by atoms with Crippen molar-refractivity contribution in [1.29, 1.82) is 0 Å². The molecule has 0 unspecified atom stereocenters. The molecular formula is C29H32FN3O6. The van der Waals surface area contributed by atoms with Crippen LogP contribution in [0.3, 0.4) is 0 Å². The number of hydrogen-bond donors (Lipinski definition) is 4. The number of aryl methyl sites for hydroxylation is 1. The Hall–Kier alpha value is -3.89. The fraction of sp³-hybridized carbons (Fsp3) is 0.379. The van der Waals surface area contributed by atoms with Crippen LogP contribution in [0.2, 0.25) is 0 Å². The summed E-state index contributed by atoms with van der Waals surface area (Å²) in [7, 11) is 0. The van der Waals surface area contributed by atoms with Gasteiger partial charge in [-0.2, -0.15) is 5.10 Å². The lowest BCUT2D eigenvalue weighted by atomic mass is 9.87. The first-order valence-corrected chi connectivity index (χ1v) is 12.9. The number of fused-ring (bicyclic) bond motifs is 3. The van der Waals surface area contributed by atoms with Crippen LogP contribution in [0.1, 0.15) is 61.5 Å². The number of carbonyl (C=O) groups is 2. The highest BCUT2D eigenvalue weighted by atomic mass is 19.1. The van der Waals surface area contributed by atoms with Crippen molar-refractivity contribution in [3.63, 3.8) is 0 Å². The molecule has 9 nitrogen and oxygen atoms in total. The highest BCUT2D eigenvalue weighted by molar-refractivity contribution is 5.85. The highest BCUT2D eigenvalue weighted by Crippen LogP contribution is 2.41. The van der Waals surface area contributed by atoms with E-state index in [1.807, 2.05) is 13.8 Å². The number of benzene rings is 1. The maximum absolute atomic E-state index is 13.9. The van der Waals surface area contributed by atoms with Crippen LogP contribution in [0.5, 0.6) is 0 Å². The number of aliphatic hydroxyl groups is 2. The van der Waals surface area contributed by atoms with Crippen LogP contribution in [-0.2, 0) is 29.0 Å². The van der Waals surface area contributed by atoms with Crippen LogP contribution < -0.4 is 0 Å². The molecule has 2 atom stereocenters. The average molecular weight is 538 g/mol. The molecule has 0 amide bonds. The lowest BCUT2D eigenvalue weighted by molar-refractivity contribution is -0.140. The van der Waals surface area contributed by atoms with E-state index >= 15 is 0 Å². The number of nitrogens with zero attached hydrogens (tertiary/aromatic N) is 3. The summed E-state index contributed by atoms with van der Waals surface area (Å²) >= 11 is 0. The fourth-order valence-corrected chi connectivity index (χ4v) is 5.02. The topological polar surface area (TPSA) is 146 Å². The SMILES string of the molecule is CC(C)c1nc2c(c(-c3ccc(F)cc3)c1C=C[C@@H](O)C[C@@H](O)CC(=O)O)CCCc1nn(CC(=O)O)cc1-2. The molecule has 1 aliphatic rings. The molecule has 4 N–H and O–H groups in total. The van der Waals surface area contributed by atoms with Crippen molar-refractivity contribution < 1.29 is 34.4 Å². The molecule has 1 aromatic carbocycles. The Labute approximate surface area is 225 Å². The molecule has 206 valence electrons. The fourth-order valence-electron chi connectivity index (χ4n) is 5.02. The van der Waals surface area contributed by atoms with Crippen LogP contribution in [-0.4, -0.2) is 59.3 Å². The summed E-state index contributed by atoms with van der Waals surface area (Å²) in [5.41, 5.74) is 6.21. The first-order valence-electron chi connectivity index (χ1n) is 12.9. The van der Waals surface area contributed by atoms with Crippen LogP contribution >= 0.6 is 0 Å². The van der Waals surface area contributed by atoms with E-state index in [2.05, 4.69) is 5.10 Å². The maximum atomic E-state index is 13.9. The zero-order valence-electron chi connectivity index (χ0n) is 21.8. The van der Waals surface area contributed by atoms with E-state index in [9.17, 15) is 29.3 Å². The van der Waals surface area contributed by atoms with Gasteiger partial charge in [-0.1, -0.05) is 38.1 Å². The predicted molar refractivity (Wildman–Crippen MR) is 143 cm³/mol. The molecule has 0 saturated heterocycles. The third kappa shape index (κ3) is 6.58. The van der Waals surface area contributed by atoms with Crippen LogP contribution in [0.4, 0.5) is 4.39 Å². The van der Waals surface area contributed by atoms with Crippen molar-refractivity contribution in [2.45, 2.75) is 70.6 Å². The van der Waals surface area contributed by atoms with Gasteiger partial charge in [0.2, 0.25) is 0 Å². The van der Waals surface area contributed by atoms with Crippen molar-refractivity contribution in [2.75, 3.05) is 0 Å². The van der Waals surface area contributed by atoms with Gasteiger partial charge in [0.05, 0.1) is 35.7 Å². The highest BCUT2D eigenvalue weighted by Gasteiger charge is 2.27. The molecule has 0 spiro atoms. The Bertz CT molecular complexity index is 1400. The Balaban J connectivity index is 1.90. The number of aliphatic carboxylic acids is 2. The Morgan fingerprint density at radius 2 is 1.82 bits per heavy atom. The van der Waals surface area contributed by atoms with Crippen LogP contribution in [0.25, 0.3) is 28.5 Å². The molecule has 39 heavy (non-hydrogen) atoms. The van der Waals surface area contributed by atoms with Gasteiger partial charge >= 0.3 is 11.9 Å². The third-order valence-electron chi connectivity index (χ3n) is 6.68. The molecular weight excluding hydrogens is 505 g/mol. The van der Waals surface area contributed by atoms with Gasteiger partial charge in [0.15, 0.2) is 0 Å². The number of carboxylic acid groups (broad SMARTS) is 2. The van der Waals surface area contributed by atoms with E-state index < -0.39 is 30.6 Å². The van der Waals surface area contributed by atoms with Gasteiger partial charge in [-0.05, 0) is 54.0 Å². The van der Waals surface area contributed by atoms with E-state index in [1.165, 1.54) is 22.9 Å². The molecule has 10 heteroatoms. The average Bonchev–Trinajstić information content (AvgIpc) is 3.15. The molecule has 4 rings (SSSR count). The Morgan fingerprint density at radius 1 is 1.10 bits per heavy atom. The van der Waals surface area contributed by atoms with Crippen molar-refractivity contribution in [3.05, 3.63) is 64.9 Å². The van der Waals surface area contributed by atoms with E-state index in [4.69, 9.17) is 10.1 Å². The molecule has 0 aliphatic heterocycles. The number of rotatable bonds is 10. The molecule has 3 aromatic rings. The number of hydrogen-bond acceptors (Lipinski definition) is 6. The first kappa shape index (κ1) is 28.1. The second-order valence-electron chi connectivity index (χ2n) is 10.1. The molecule has 0 bridgehead atoms. The van der Waals surface area contributed by atoms with Crippen molar-refractivity contribution in [3.8, 4) is 22.4 Å². The lowest BCUT2D eigenvalue weighted by Gasteiger charge is -2.21. The monoisotopic (exact) mass is 537 g/mol. The summed E-state index contributed by atoms with van der Waals surface area (Å²) in [4.78, 5) is 27.3. The molecule has 0 fully saturated rings. The Kier molecular flexibility index (Phi) is 8.57. The van der Waals surface area contributed by atoms with Gasteiger partial charge in [0.1, 0.15) is 12.4 Å². The first-order chi connectivity index (χ1) is 18.5. The van der Waals surface area contributed by atoms with Gasteiger partial charge in [0, 0.05) is 23.7 Å². The minimum Gasteiger partial charge on any atom is -0.481 e. The smallest absolute Gasteiger partial charge is 0.325 e. The van der Waals surface area contributed by atoms with Crippen molar-refractivity contribution in [2.24, 2.45) is 0 Å². The van der Waals surface area contributed by atoms with E-state index in [-0.39, 0.29) is 24.7 Å². The minimum absolute atomic E-state index is 0.0512. The summed E-state index contributed by atoms with van der Waals surface area (Å²) in [5, 5.41) is 43.2. The largest absolute Gasteiger partial charge is 0.481 e. The normalized spacial score (nSPS) is 14.6. The maximum Gasteiger partial charge on any atom is 0.325 e. The quantitative estimate of drug-likeness (QED) is 0.303. The van der Waals surface area contributed by atoms with E-state index in [0.29, 0.717) is 18.5 Å². The van der Waals surface area contributed by atoms with Crippen molar-refractivity contribution in [1.82, 2.24) is 14.8 Å². The number of aliphatic hydroxyl groups excluding tert-OH is 2. The zero-order valence-corrected chi connectivity index (χ0v) is 21.8. The van der Waals surface area contributed by atoms with E-state index in [1.54, 1.807) is 24.4 Å². The van der Waals surface area contributed by atoms with Crippen molar-refractivity contribution >= 4 is 18.0 Å². The van der Waals surface area contributed by atoms with Gasteiger partial charge < -0.3 is 20.4 Å². The summed E-state index contributed by atoms with van der Waals surface area (Å²) in [6, 6.07) is 6.15. The number of carboxylic acids is 2. The zero-order chi connectivity index (χ0) is 28.3. The summed E-state index contributed by atoms with van der Waals surface area (Å²) in [6.07, 6.45) is 4.09. The lowest BCUT2D eigenvalue weighted by Crippen LogP contribution is -2.19. The number of aromatic nitrogens is 3. The standard InChI is InChI=1S/C29H32FN3O6/c1-16(2)28-22(11-10-19(34)12-20(35)13-25(36)37)27(17-6-8-18(30)9-7-17)21-4-3-5-24-23(29(21)31-28)14-33(32-24)15-26(38)39/h6-11,14,16,19-20,34-35H,3-5,12-13,15H2,1-2H3,(H,36,37)(H,38,39)/t19-,20-/m1/s1. The van der Waals surface area contributed by atoms with E-state index in [0.717, 1.165) is 45.6 Å².